The molecule has 454 valence electrons. The average Bonchev–Trinajstić information content (AvgIpc) is 3.43. The van der Waals surface area contributed by atoms with E-state index in [0.717, 1.165) is 44.9 Å². The van der Waals surface area contributed by atoms with Gasteiger partial charge in [0.15, 0.2) is 12.6 Å². The van der Waals surface area contributed by atoms with Crippen LogP contribution in [0, 0.1) is 0 Å². The quantitative estimate of drug-likeness (QED) is 0.0172. The van der Waals surface area contributed by atoms with Gasteiger partial charge in [0.05, 0.1) is 26.4 Å². The molecule has 2 heterocycles. The fourth-order valence-corrected chi connectivity index (χ4v) is 10.3. The minimum Gasteiger partial charge on any atom is -0.457 e. The lowest BCUT2D eigenvalue weighted by molar-refractivity contribution is -0.332. The molecule has 2 aliphatic rings. The molecule has 0 radical (unpaired) electrons. The van der Waals surface area contributed by atoms with Crippen LogP contribution in [-0.4, -0.2) is 142 Å². The van der Waals surface area contributed by atoms with Gasteiger partial charge in [0, 0.05) is 13.0 Å². The molecule has 2 fully saturated rings. The zero-order valence-electron chi connectivity index (χ0n) is 49.0. The largest absolute Gasteiger partial charge is 0.457 e. The van der Waals surface area contributed by atoms with Crippen molar-refractivity contribution in [3.8, 4) is 0 Å². The van der Waals surface area contributed by atoms with E-state index >= 15 is 0 Å². The fraction of sp³-hybridized carbons (Fsp3) is 0.921. The minimum atomic E-state index is -1.71. The molecule has 11 atom stereocenters. The van der Waals surface area contributed by atoms with Gasteiger partial charge < -0.3 is 64.2 Å². The summed E-state index contributed by atoms with van der Waals surface area (Å²) >= 11 is 0. The van der Waals surface area contributed by atoms with Crippen LogP contribution in [0.3, 0.4) is 0 Å². The Morgan fingerprint density at radius 1 is 0.416 bits per heavy atom. The topological polar surface area (TPSA) is 214 Å². The lowest BCUT2D eigenvalue weighted by Crippen LogP contribution is -2.61. The molecule has 0 aromatic rings. The van der Waals surface area contributed by atoms with Crippen LogP contribution in [0.5, 0.6) is 0 Å². The number of esters is 1. The van der Waals surface area contributed by atoms with Crippen molar-refractivity contribution >= 4 is 5.97 Å². The number of hydrogen-bond acceptors (Lipinski definition) is 14. The Kier molecular flexibility index (Phi) is 46.7. The van der Waals surface area contributed by atoms with Gasteiger partial charge in [-0.25, -0.2) is 0 Å². The molecule has 0 amide bonds. The summed E-state index contributed by atoms with van der Waals surface area (Å²) < 4.78 is 34.5. The third-order valence-electron chi connectivity index (χ3n) is 15.4. The average molecular weight is 1100 g/mol. The lowest BCUT2D eigenvalue weighted by atomic mass is 9.98. The molecule has 14 nitrogen and oxygen atoms in total. The van der Waals surface area contributed by atoms with Gasteiger partial charge >= 0.3 is 5.97 Å². The maximum absolute atomic E-state index is 13.1. The Bertz CT molecular complexity index is 1370. The van der Waals surface area contributed by atoms with Crippen molar-refractivity contribution in [2.24, 2.45) is 0 Å². The summed E-state index contributed by atoms with van der Waals surface area (Å²) in [5.74, 6) is -0.376. The number of unbranched alkanes of at least 4 members (excludes halogenated alkanes) is 35. The molecular formula is C63H118O14. The van der Waals surface area contributed by atoms with Crippen LogP contribution in [-0.2, 0) is 33.2 Å². The predicted molar refractivity (Wildman–Crippen MR) is 307 cm³/mol. The van der Waals surface area contributed by atoms with Gasteiger partial charge in [0.25, 0.3) is 0 Å². The Morgan fingerprint density at radius 3 is 1.18 bits per heavy atom. The van der Waals surface area contributed by atoms with Crippen LogP contribution in [0.25, 0.3) is 0 Å². The highest BCUT2D eigenvalue weighted by molar-refractivity contribution is 5.69. The smallest absolute Gasteiger partial charge is 0.306 e. The second-order valence-corrected chi connectivity index (χ2v) is 22.6. The van der Waals surface area contributed by atoms with E-state index in [1.807, 2.05) is 0 Å². The molecular weight excluding hydrogens is 981 g/mol. The number of allylic oxidation sites excluding steroid dienone is 4. The predicted octanol–water partition coefficient (Wildman–Crippen LogP) is 12.3. The number of aliphatic hydroxyl groups excluding tert-OH is 7. The summed E-state index contributed by atoms with van der Waals surface area (Å²) in [6.45, 7) is 3.73. The van der Waals surface area contributed by atoms with Crippen molar-refractivity contribution in [2.45, 2.75) is 338 Å². The number of hydrogen-bond donors (Lipinski definition) is 7. The summed E-state index contributed by atoms with van der Waals surface area (Å²) in [4.78, 5) is 13.1. The first kappa shape index (κ1) is 71.6. The van der Waals surface area contributed by atoms with Gasteiger partial charge in [-0.05, 0) is 64.2 Å². The molecule has 11 unspecified atom stereocenters. The van der Waals surface area contributed by atoms with E-state index in [2.05, 4.69) is 38.2 Å². The number of rotatable bonds is 53. The second kappa shape index (κ2) is 50.2. The Hall–Kier alpha value is -1.53. The summed E-state index contributed by atoms with van der Waals surface area (Å²) in [7, 11) is 0. The summed E-state index contributed by atoms with van der Waals surface area (Å²) in [5, 5.41) is 72.4. The molecule has 14 heteroatoms. The van der Waals surface area contributed by atoms with Crippen LogP contribution >= 0.6 is 0 Å². The van der Waals surface area contributed by atoms with Gasteiger partial charge in [0.1, 0.15) is 54.9 Å². The molecule has 7 N–H and O–H groups in total. The Morgan fingerprint density at radius 2 is 0.766 bits per heavy atom. The van der Waals surface area contributed by atoms with E-state index in [1.165, 1.54) is 199 Å². The van der Waals surface area contributed by atoms with Crippen molar-refractivity contribution in [1.82, 2.24) is 0 Å². The molecule has 0 aromatic heterocycles. The maximum Gasteiger partial charge on any atom is 0.306 e. The molecule has 0 aliphatic carbocycles. The summed E-state index contributed by atoms with van der Waals surface area (Å²) in [6.07, 6.45) is 42.5. The number of aliphatic hydroxyl groups is 7. The lowest BCUT2D eigenvalue weighted by Gasteiger charge is -2.42. The van der Waals surface area contributed by atoms with E-state index in [1.54, 1.807) is 0 Å². The van der Waals surface area contributed by atoms with Crippen LogP contribution in [0.1, 0.15) is 271 Å². The SMILES string of the molecule is CCCCCCCC/C=C\CCCCCCCCCC(=O)OC(COCCCCCCCCCCCCCCCC/C=C\CCCCCCCCCC)COC1OC(COC2OC(CO)C(O)C(O)C2O)C(O)C(O)C1O. The normalized spacial score (nSPS) is 24.4. The molecule has 2 rings (SSSR count). The zero-order valence-corrected chi connectivity index (χ0v) is 49.0. The summed E-state index contributed by atoms with van der Waals surface area (Å²) in [6, 6.07) is 0. The molecule has 2 aliphatic heterocycles. The number of carbonyl (C=O) groups is 1. The Labute approximate surface area is 468 Å². The van der Waals surface area contributed by atoms with Crippen LogP contribution in [0.2, 0.25) is 0 Å². The van der Waals surface area contributed by atoms with Gasteiger partial charge in [-0.1, -0.05) is 224 Å². The minimum absolute atomic E-state index is 0.0639. The molecule has 0 saturated carbocycles. The third kappa shape index (κ3) is 36.5. The molecule has 0 aromatic carbocycles. The van der Waals surface area contributed by atoms with Crippen molar-refractivity contribution in [2.75, 3.05) is 33.0 Å². The molecule has 0 spiro atoms. The first-order valence-electron chi connectivity index (χ1n) is 31.9. The highest BCUT2D eigenvalue weighted by Crippen LogP contribution is 2.27. The van der Waals surface area contributed by atoms with Gasteiger partial charge in [0.2, 0.25) is 0 Å². The van der Waals surface area contributed by atoms with Gasteiger partial charge in [-0.15, -0.1) is 0 Å². The summed E-state index contributed by atoms with van der Waals surface area (Å²) in [5.41, 5.74) is 0. The van der Waals surface area contributed by atoms with E-state index in [4.69, 9.17) is 28.4 Å². The third-order valence-corrected chi connectivity index (χ3v) is 15.4. The van der Waals surface area contributed by atoms with E-state index < -0.39 is 80.7 Å². The van der Waals surface area contributed by atoms with Crippen molar-refractivity contribution in [3.63, 3.8) is 0 Å². The molecule has 2 saturated heterocycles. The van der Waals surface area contributed by atoms with Gasteiger partial charge in [-0.3, -0.25) is 4.79 Å². The standard InChI is InChI=1S/C63H118O14/c1-3-5-7-9-11-13-15-17-19-21-22-23-24-25-26-27-28-29-31-33-35-37-39-41-43-45-47-72-49-52(75-55(65)46-44-42-40-38-36-34-32-30-20-18-16-14-12-10-8-6-4-2)50-73-62-61(71)59(69)57(67)54(77-62)51-74-63-60(70)58(68)56(66)53(48-64)76-63/h18,20-22,52-54,56-64,66-71H,3-17,19,23-51H2,1-2H3/b20-18-,22-21-. The monoisotopic (exact) mass is 1100 g/mol. The first-order valence-corrected chi connectivity index (χ1v) is 31.9. The highest BCUT2D eigenvalue weighted by atomic mass is 16.7. The Balaban J connectivity index is 1.65. The van der Waals surface area contributed by atoms with Crippen molar-refractivity contribution in [3.05, 3.63) is 24.3 Å². The number of ether oxygens (including phenoxy) is 6. The number of carbonyl (C=O) groups excluding carboxylic acids is 1. The van der Waals surface area contributed by atoms with E-state index in [9.17, 15) is 40.5 Å². The molecule has 0 bridgehead atoms. The highest BCUT2D eigenvalue weighted by Gasteiger charge is 2.47. The fourth-order valence-electron chi connectivity index (χ4n) is 10.3. The molecule has 77 heavy (non-hydrogen) atoms. The zero-order chi connectivity index (χ0) is 55.8. The van der Waals surface area contributed by atoms with Crippen molar-refractivity contribution < 1.29 is 69.0 Å². The second-order valence-electron chi connectivity index (χ2n) is 22.6. The van der Waals surface area contributed by atoms with E-state index in [-0.39, 0.29) is 25.6 Å². The van der Waals surface area contributed by atoms with Crippen LogP contribution in [0.15, 0.2) is 24.3 Å². The maximum atomic E-state index is 13.1. The van der Waals surface area contributed by atoms with Crippen LogP contribution < -0.4 is 0 Å². The van der Waals surface area contributed by atoms with Gasteiger partial charge in [-0.2, -0.15) is 0 Å². The first-order chi connectivity index (χ1) is 37.6. The van der Waals surface area contributed by atoms with E-state index in [0.29, 0.717) is 13.0 Å². The van der Waals surface area contributed by atoms with Crippen LogP contribution in [0.4, 0.5) is 0 Å². The van der Waals surface area contributed by atoms with Crippen molar-refractivity contribution in [1.29, 1.82) is 0 Å².